The molecule has 0 atom stereocenters. The maximum atomic E-state index is 14.4. The van der Waals surface area contributed by atoms with Gasteiger partial charge in [0.05, 0.1) is 23.0 Å². The highest BCUT2D eigenvalue weighted by molar-refractivity contribution is 5.83. The number of aromatic amines is 1. The summed E-state index contributed by atoms with van der Waals surface area (Å²) in [7, 11) is 0. The lowest BCUT2D eigenvalue weighted by molar-refractivity contribution is 0.547. The molecule has 4 aromatic rings. The summed E-state index contributed by atoms with van der Waals surface area (Å²) in [5.41, 5.74) is -1.14. The molecule has 8 heteroatoms. The zero-order chi connectivity index (χ0) is 19.1. The van der Waals surface area contributed by atoms with Crippen molar-refractivity contribution in [3.63, 3.8) is 0 Å². The molecule has 2 heterocycles. The van der Waals surface area contributed by atoms with E-state index < -0.39 is 28.6 Å². The number of hydrogen-bond acceptors (Lipinski definition) is 3. The fourth-order valence-electron chi connectivity index (χ4n) is 2.98. The molecule has 0 saturated heterocycles. The summed E-state index contributed by atoms with van der Waals surface area (Å²) in [6.07, 6.45) is 1.23. The second-order valence-corrected chi connectivity index (χ2v) is 5.72. The van der Waals surface area contributed by atoms with E-state index in [9.17, 15) is 23.2 Å². The summed E-state index contributed by atoms with van der Waals surface area (Å²) in [6, 6.07) is 11.2. The molecule has 0 saturated carbocycles. The Hall–Kier alpha value is -3.86. The lowest BCUT2D eigenvalue weighted by Gasteiger charge is -2.13. The van der Waals surface area contributed by atoms with E-state index in [0.717, 1.165) is 0 Å². The van der Waals surface area contributed by atoms with E-state index in [1.54, 1.807) is 30.3 Å². The number of benzene rings is 2. The Morgan fingerprint density at radius 3 is 2.33 bits per heavy atom. The van der Waals surface area contributed by atoms with Gasteiger partial charge < -0.3 is 4.98 Å². The maximum absolute atomic E-state index is 14.4. The molecular weight excluding hydrogens is 357 g/mol. The summed E-state index contributed by atoms with van der Waals surface area (Å²) < 4.78 is 43.4. The van der Waals surface area contributed by atoms with Gasteiger partial charge in [-0.1, -0.05) is 30.3 Å². The van der Waals surface area contributed by atoms with Crippen molar-refractivity contribution in [3.8, 4) is 28.5 Å². The Morgan fingerprint density at radius 1 is 1.04 bits per heavy atom. The number of rotatable bonds is 2. The van der Waals surface area contributed by atoms with Crippen molar-refractivity contribution in [2.75, 3.05) is 0 Å². The van der Waals surface area contributed by atoms with Crippen LogP contribution in [-0.2, 0) is 0 Å². The van der Waals surface area contributed by atoms with Gasteiger partial charge in [-0.3, -0.25) is 4.79 Å². The molecule has 0 fully saturated rings. The fourth-order valence-corrected chi connectivity index (χ4v) is 2.98. The van der Waals surface area contributed by atoms with Crippen LogP contribution < -0.4 is 5.56 Å². The summed E-state index contributed by atoms with van der Waals surface area (Å²) in [4.78, 5) is 15.2. The van der Waals surface area contributed by atoms with Gasteiger partial charge in [0.1, 0.15) is 29.1 Å². The van der Waals surface area contributed by atoms with Crippen molar-refractivity contribution in [1.82, 2.24) is 14.6 Å². The van der Waals surface area contributed by atoms with Gasteiger partial charge in [0.2, 0.25) is 0 Å². The fraction of sp³-hybridized carbons (Fsp3) is 0. The van der Waals surface area contributed by atoms with Gasteiger partial charge >= 0.3 is 0 Å². The molecule has 0 unspecified atom stereocenters. The normalized spacial score (nSPS) is 10.9. The number of H-pyrrole nitrogens is 1. The zero-order valence-electron chi connectivity index (χ0n) is 13.5. The van der Waals surface area contributed by atoms with Crippen LogP contribution in [0.15, 0.2) is 53.5 Å². The van der Waals surface area contributed by atoms with Crippen LogP contribution >= 0.6 is 0 Å². The van der Waals surface area contributed by atoms with Gasteiger partial charge in [-0.2, -0.15) is 10.4 Å². The van der Waals surface area contributed by atoms with Gasteiger partial charge in [0, 0.05) is 17.7 Å². The van der Waals surface area contributed by atoms with Crippen LogP contribution in [0.5, 0.6) is 0 Å². The number of nitrogens with one attached hydrogen (secondary N) is 1. The van der Waals surface area contributed by atoms with E-state index >= 15 is 0 Å². The highest BCUT2D eigenvalue weighted by Crippen LogP contribution is 2.33. The molecular formula is C19H9F3N4O. The molecule has 27 heavy (non-hydrogen) atoms. The van der Waals surface area contributed by atoms with Crippen LogP contribution in [-0.4, -0.2) is 14.6 Å². The minimum atomic E-state index is -1.22. The predicted molar refractivity (Wildman–Crippen MR) is 91.3 cm³/mol. The Bertz CT molecular complexity index is 1260. The van der Waals surface area contributed by atoms with E-state index in [1.807, 2.05) is 6.07 Å². The van der Waals surface area contributed by atoms with Crippen molar-refractivity contribution in [3.05, 3.63) is 82.0 Å². The van der Waals surface area contributed by atoms with E-state index in [1.165, 1.54) is 10.7 Å². The van der Waals surface area contributed by atoms with Crippen LogP contribution in [0.4, 0.5) is 13.2 Å². The average Bonchev–Trinajstić information content (AvgIpc) is 3.04. The highest BCUT2D eigenvalue weighted by atomic mass is 19.1. The minimum absolute atomic E-state index is 0.0836. The first kappa shape index (κ1) is 16.6. The number of nitriles is 1. The first-order valence-corrected chi connectivity index (χ1v) is 7.75. The van der Waals surface area contributed by atoms with Crippen molar-refractivity contribution < 1.29 is 13.2 Å². The quantitative estimate of drug-likeness (QED) is 0.589. The van der Waals surface area contributed by atoms with Gasteiger partial charge in [-0.05, 0) is 0 Å². The minimum Gasteiger partial charge on any atom is -0.305 e. The molecule has 0 aliphatic rings. The second kappa shape index (κ2) is 6.14. The van der Waals surface area contributed by atoms with Crippen LogP contribution in [0.1, 0.15) is 5.56 Å². The van der Waals surface area contributed by atoms with Crippen LogP contribution in [0.25, 0.3) is 28.0 Å². The molecule has 0 spiro atoms. The molecule has 132 valence electrons. The molecule has 0 radical (unpaired) electrons. The molecule has 0 amide bonds. The summed E-state index contributed by atoms with van der Waals surface area (Å²) in [6.45, 7) is 0. The third-order valence-corrected chi connectivity index (χ3v) is 4.10. The number of nitrogens with zero attached hydrogens (tertiary/aromatic N) is 3. The molecule has 2 aromatic heterocycles. The smallest absolute Gasteiger partial charge is 0.259 e. The lowest BCUT2D eigenvalue weighted by atomic mass is 9.99. The Kier molecular flexibility index (Phi) is 3.78. The molecule has 0 aliphatic heterocycles. The Morgan fingerprint density at radius 2 is 1.70 bits per heavy atom. The van der Waals surface area contributed by atoms with Crippen LogP contribution in [0.3, 0.4) is 0 Å². The average molecular weight is 366 g/mol. The second-order valence-electron chi connectivity index (χ2n) is 5.72. The van der Waals surface area contributed by atoms with E-state index in [2.05, 4.69) is 10.1 Å². The molecule has 1 N–H and O–H groups in total. The molecule has 2 aromatic carbocycles. The third kappa shape index (κ3) is 2.57. The Labute approximate surface area is 149 Å². The number of fused-ring (bicyclic) bond motifs is 1. The van der Waals surface area contributed by atoms with Crippen molar-refractivity contribution >= 4 is 5.65 Å². The largest absolute Gasteiger partial charge is 0.305 e. The monoisotopic (exact) mass is 366 g/mol. The number of halogens is 3. The summed E-state index contributed by atoms with van der Waals surface area (Å²) in [5, 5.41) is 13.3. The van der Waals surface area contributed by atoms with E-state index in [4.69, 9.17) is 0 Å². The predicted octanol–water partition coefficient (Wildman–Crippen LogP) is 3.65. The van der Waals surface area contributed by atoms with Crippen molar-refractivity contribution in [1.29, 1.82) is 5.26 Å². The number of hydrogen-bond donors (Lipinski definition) is 1. The van der Waals surface area contributed by atoms with Crippen LogP contribution in [0, 0.1) is 28.8 Å². The van der Waals surface area contributed by atoms with Gasteiger partial charge in [-0.15, -0.1) is 0 Å². The van der Waals surface area contributed by atoms with Gasteiger partial charge in [0.25, 0.3) is 5.56 Å². The summed E-state index contributed by atoms with van der Waals surface area (Å²) in [5.74, 6) is -3.54. The molecule has 4 rings (SSSR count). The SMILES string of the molecule is N#Cc1cnn2c(-c3ccccc3)c(-c3c(F)cc(F)cc3F)c(=O)[nH]c12. The zero-order valence-corrected chi connectivity index (χ0v) is 13.5. The first-order chi connectivity index (χ1) is 13.0. The lowest BCUT2D eigenvalue weighted by Crippen LogP contribution is -2.17. The van der Waals surface area contributed by atoms with E-state index in [-0.39, 0.29) is 22.5 Å². The topological polar surface area (TPSA) is 74.0 Å². The maximum Gasteiger partial charge on any atom is 0.259 e. The van der Waals surface area contributed by atoms with Crippen molar-refractivity contribution in [2.45, 2.75) is 0 Å². The molecule has 0 aliphatic carbocycles. The van der Waals surface area contributed by atoms with Gasteiger partial charge in [-0.25, -0.2) is 17.7 Å². The van der Waals surface area contributed by atoms with Gasteiger partial charge in [0.15, 0.2) is 5.65 Å². The van der Waals surface area contributed by atoms with Crippen LogP contribution in [0.2, 0.25) is 0 Å². The summed E-state index contributed by atoms with van der Waals surface area (Å²) >= 11 is 0. The molecule has 5 nitrogen and oxygen atoms in total. The highest BCUT2D eigenvalue weighted by Gasteiger charge is 2.24. The standard InChI is InChI=1S/C19H9F3N4O/c20-12-6-13(21)15(14(22)7-12)16-17(10-4-2-1-3-5-10)26-18(25-19(16)27)11(8-23)9-24-26/h1-7,9H,(H,25,27). The molecule has 0 bridgehead atoms. The van der Waals surface area contributed by atoms with E-state index in [0.29, 0.717) is 17.7 Å². The van der Waals surface area contributed by atoms with Crippen molar-refractivity contribution in [2.24, 2.45) is 0 Å². The number of aromatic nitrogens is 3. The first-order valence-electron chi connectivity index (χ1n) is 7.75. The Balaban J connectivity index is 2.22. The third-order valence-electron chi connectivity index (χ3n) is 4.10.